The van der Waals surface area contributed by atoms with Crippen LogP contribution in [0.15, 0.2) is 27.5 Å². The van der Waals surface area contributed by atoms with Crippen LogP contribution >= 0.6 is 11.6 Å². The number of hydrogen-bond donors (Lipinski definition) is 1. The number of aryl methyl sites for hydroxylation is 1. The predicted molar refractivity (Wildman–Crippen MR) is 103 cm³/mol. The Balaban J connectivity index is 1.95. The van der Waals surface area contributed by atoms with Crippen molar-refractivity contribution < 1.29 is 14.4 Å². The van der Waals surface area contributed by atoms with Gasteiger partial charge in [-0.3, -0.25) is 9.59 Å². The molecule has 6 nitrogen and oxygen atoms in total. The molecule has 1 aliphatic rings. The molecule has 0 spiro atoms. The fraction of sp³-hybridized carbons (Fsp3) is 0.450. The number of fused-ring (bicyclic) bond motifs is 3. The Hall–Kier alpha value is -2.34. The zero-order valence-electron chi connectivity index (χ0n) is 15.1. The van der Waals surface area contributed by atoms with Crippen molar-refractivity contribution in [1.29, 1.82) is 0 Å². The summed E-state index contributed by atoms with van der Waals surface area (Å²) in [5.74, 6) is -0.247. The Bertz CT molecular complexity index is 1080. The summed E-state index contributed by atoms with van der Waals surface area (Å²) in [5, 5.41) is 15.0. The first-order valence-corrected chi connectivity index (χ1v) is 9.65. The van der Waals surface area contributed by atoms with Crippen LogP contribution in [0.3, 0.4) is 0 Å². The molecule has 2 aromatic heterocycles. The molecular formula is C20H21ClN2O4. The lowest BCUT2D eigenvalue weighted by atomic mass is 9.94. The lowest BCUT2D eigenvalue weighted by molar-refractivity contribution is -0.138. The van der Waals surface area contributed by atoms with Gasteiger partial charge in [-0.1, -0.05) is 35.7 Å². The highest BCUT2D eigenvalue weighted by Crippen LogP contribution is 2.37. The number of nitrogens with zero attached hydrogens (tertiary/aromatic N) is 2. The van der Waals surface area contributed by atoms with Crippen LogP contribution in [0, 0.1) is 12.8 Å². The van der Waals surface area contributed by atoms with Crippen molar-refractivity contribution in [2.24, 2.45) is 5.92 Å². The topological polar surface area (TPSA) is 85.3 Å². The Morgan fingerprint density at radius 1 is 1.33 bits per heavy atom. The summed E-state index contributed by atoms with van der Waals surface area (Å²) in [6, 6.07) is 5.42. The highest BCUT2D eigenvalue weighted by atomic mass is 35.5. The van der Waals surface area contributed by atoms with Crippen LogP contribution in [0.1, 0.15) is 50.3 Å². The van der Waals surface area contributed by atoms with Crippen LogP contribution < -0.4 is 5.56 Å². The first-order valence-electron chi connectivity index (χ1n) is 9.28. The number of halogens is 1. The van der Waals surface area contributed by atoms with Gasteiger partial charge in [0.25, 0.3) is 5.56 Å². The summed E-state index contributed by atoms with van der Waals surface area (Å²) < 4.78 is 7.10. The second-order valence-electron chi connectivity index (χ2n) is 7.41. The normalized spacial score (nSPS) is 20.8. The van der Waals surface area contributed by atoms with Crippen molar-refractivity contribution in [3.63, 3.8) is 0 Å². The average molecular weight is 389 g/mol. The first kappa shape index (κ1) is 18.0. The number of benzene rings is 1. The van der Waals surface area contributed by atoms with Gasteiger partial charge < -0.3 is 14.2 Å². The molecule has 27 heavy (non-hydrogen) atoms. The predicted octanol–water partition coefficient (Wildman–Crippen LogP) is 4.70. The summed E-state index contributed by atoms with van der Waals surface area (Å²) in [5.41, 5.74) is 1.08. The Labute approximate surface area is 160 Å². The number of carbonyl (C=O) groups is 1. The van der Waals surface area contributed by atoms with Crippen LogP contribution in [-0.2, 0) is 4.79 Å². The third-order valence-electron chi connectivity index (χ3n) is 5.62. The Morgan fingerprint density at radius 2 is 2.11 bits per heavy atom. The maximum absolute atomic E-state index is 13.4. The summed E-state index contributed by atoms with van der Waals surface area (Å²) in [7, 11) is 0. The molecule has 1 aromatic carbocycles. The van der Waals surface area contributed by atoms with E-state index in [-0.39, 0.29) is 23.9 Å². The Morgan fingerprint density at radius 3 is 2.89 bits per heavy atom. The van der Waals surface area contributed by atoms with E-state index in [1.54, 1.807) is 17.6 Å². The molecule has 0 bridgehead atoms. The highest BCUT2D eigenvalue weighted by molar-refractivity contribution is 6.37. The molecule has 3 aromatic rings. The first-order chi connectivity index (χ1) is 13.0. The van der Waals surface area contributed by atoms with Gasteiger partial charge in [0.1, 0.15) is 16.7 Å². The second kappa shape index (κ2) is 7.00. The number of pyridine rings is 1. The zero-order chi connectivity index (χ0) is 19.1. The molecular weight excluding hydrogens is 368 g/mol. The van der Waals surface area contributed by atoms with Crippen molar-refractivity contribution in [3.8, 4) is 0 Å². The van der Waals surface area contributed by atoms with Crippen molar-refractivity contribution in [2.75, 3.05) is 0 Å². The minimum atomic E-state index is -0.786. The number of hydrogen-bond acceptors (Lipinski definition) is 4. The van der Waals surface area contributed by atoms with Crippen molar-refractivity contribution in [1.82, 2.24) is 9.72 Å². The van der Waals surface area contributed by atoms with E-state index in [1.807, 2.05) is 12.1 Å². The second-order valence-corrected chi connectivity index (χ2v) is 7.82. The minimum Gasteiger partial charge on any atom is -0.481 e. The molecule has 2 heterocycles. The van der Waals surface area contributed by atoms with Gasteiger partial charge in [0.2, 0.25) is 0 Å². The third-order valence-corrected chi connectivity index (χ3v) is 5.93. The molecule has 7 heteroatoms. The van der Waals surface area contributed by atoms with Crippen molar-refractivity contribution in [2.45, 2.75) is 51.5 Å². The van der Waals surface area contributed by atoms with E-state index in [9.17, 15) is 14.7 Å². The SMILES string of the molecule is Cc1onc2c1c(=O)n(C1CCCCC(CC(=O)O)C1)c1cccc(Cl)c21. The average Bonchev–Trinajstić information content (AvgIpc) is 2.85. The van der Waals surface area contributed by atoms with E-state index in [0.29, 0.717) is 33.5 Å². The third kappa shape index (κ3) is 3.12. The molecule has 1 N–H and O–H groups in total. The molecule has 2 unspecified atom stereocenters. The molecule has 0 radical (unpaired) electrons. The molecule has 0 aliphatic heterocycles. The van der Waals surface area contributed by atoms with Crippen LogP contribution in [0.4, 0.5) is 0 Å². The molecule has 142 valence electrons. The molecule has 0 saturated heterocycles. The monoisotopic (exact) mass is 388 g/mol. The molecule has 1 aliphatic carbocycles. The van der Waals surface area contributed by atoms with Crippen LogP contribution in [0.25, 0.3) is 21.8 Å². The van der Waals surface area contributed by atoms with Crippen molar-refractivity contribution >= 4 is 39.4 Å². The number of carboxylic acid groups (broad SMARTS) is 1. The van der Waals surface area contributed by atoms with Gasteiger partial charge in [-0.25, -0.2) is 0 Å². The fourth-order valence-electron chi connectivity index (χ4n) is 4.44. The van der Waals surface area contributed by atoms with Crippen LogP contribution in [0.2, 0.25) is 5.02 Å². The van der Waals surface area contributed by atoms with E-state index in [2.05, 4.69) is 5.16 Å². The largest absolute Gasteiger partial charge is 0.481 e. The maximum Gasteiger partial charge on any atom is 0.303 e. The van der Waals surface area contributed by atoms with Gasteiger partial charge in [0.05, 0.1) is 10.5 Å². The smallest absolute Gasteiger partial charge is 0.303 e. The number of carboxylic acids is 1. The zero-order valence-corrected chi connectivity index (χ0v) is 15.8. The van der Waals surface area contributed by atoms with Crippen LogP contribution in [0.5, 0.6) is 0 Å². The molecule has 1 saturated carbocycles. The molecule has 1 fully saturated rings. The quantitative estimate of drug-likeness (QED) is 0.657. The lowest BCUT2D eigenvalue weighted by Gasteiger charge is -2.23. The van der Waals surface area contributed by atoms with E-state index in [0.717, 1.165) is 31.2 Å². The van der Waals surface area contributed by atoms with E-state index < -0.39 is 5.97 Å². The van der Waals surface area contributed by atoms with Gasteiger partial charge in [-0.05, 0) is 44.2 Å². The summed E-state index contributed by atoms with van der Waals surface area (Å²) in [6.45, 7) is 1.73. The number of aliphatic carboxylic acids is 1. The van der Waals surface area contributed by atoms with E-state index in [4.69, 9.17) is 16.1 Å². The standard InChI is InChI=1S/C20H21ClN2O4/c1-11-17-19(22-27-11)18-14(21)7-4-8-15(18)23(20(17)26)13-6-3-2-5-12(9-13)10-16(24)25/h4,7-8,12-13H,2-3,5-6,9-10H2,1H3,(H,24,25). The highest BCUT2D eigenvalue weighted by Gasteiger charge is 2.27. The summed E-state index contributed by atoms with van der Waals surface area (Å²) >= 11 is 6.46. The van der Waals surface area contributed by atoms with Gasteiger partial charge in [0, 0.05) is 17.8 Å². The number of rotatable bonds is 3. The van der Waals surface area contributed by atoms with Crippen molar-refractivity contribution in [3.05, 3.63) is 39.3 Å². The summed E-state index contributed by atoms with van der Waals surface area (Å²) in [6.07, 6.45) is 4.48. The minimum absolute atomic E-state index is 0.0652. The molecule has 4 rings (SSSR count). The van der Waals surface area contributed by atoms with Gasteiger partial charge in [0.15, 0.2) is 0 Å². The van der Waals surface area contributed by atoms with E-state index >= 15 is 0 Å². The maximum atomic E-state index is 13.4. The number of aromatic nitrogens is 2. The Kier molecular flexibility index (Phi) is 4.68. The molecule has 0 amide bonds. The van der Waals surface area contributed by atoms with E-state index in [1.165, 1.54) is 0 Å². The summed E-state index contributed by atoms with van der Waals surface area (Å²) in [4.78, 5) is 24.6. The van der Waals surface area contributed by atoms with Crippen LogP contribution in [-0.4, -0.2) is 20.8 Å². The van der Waals surface area contributed by atoms with Gasteiger partial charge in [-0.15, -0.1) is 0 Å². The van der Waals surface area contributed by atoms with Gasteiger partial charge >= 0.3 is 5.97 Å². The fourth-order valence-corrected chi connectivity index (χ4v) is 4.69. The van der Waals surface area contributed by atoms with Gasteiger partial charge in [-0.2, -0.15) is 0 Å². The molecule has 2 atom stereocenters. The lowest BCUT2D eigenvalue weighted by Crippen LogP contribution is -2.27.